The lowest BCUT2D eigenvalue weighted by molar-refractivity contribution is -0.209. The van der Waals surface area contributed by atoms with E-state index in [-0.39, 0.29) is 12.5 Å². The maximum Gasteiger partial charge on any atom is 0.305 e. The van der Waals surface area contributed by atoms with Crippen molar-refractivity contribution < 1.29 is 33.3 Å². The molecular weight excluding hydrogens is 256 g/mol. The minimum Gasteiger partial charge on any atom is -0.463 e. The van der Waals surface area contributed by atoms with Gasteiger partial charge in [-0.3, -0.25) is 14.4 Å². The third-order valence-corrected chi connectivity index (χ3v) is 3.20. The molecule has 4 atom stereocenters. The molecule has 1 saturated carbocycles. The van der Waals surface area contributed by atoms with Gasteiger partial charge in [-0.15, -0.1) is 0 Å². The fraction of sp³-hybridized carbons (Fsp3) is 0.750. The minimum absolute atomic E-state index is 0.0720. The maximum atomic E-state index is 11.1. The number of ether oxygens (including phenoxy) is 4. The van der Waals surface area contributed by atoms with Crippen molar-refractivity contribution in [3.05, 3.63) is 0 Å². The molecule has 7 nitrogen and oxygen atoms in total. The summed E-state index contributed by atoms with van der Waals surface area (Å²) in [6, 6.07) is 0. The van der Waals surface area contributed by atoms with E-state index in [1.54, 1.807) is 0 Å². The van der Waals surface area contributed by atoms with Gasteiger partial charge in [-0.1, -0.05) is 0 Å². The zero-order valence-electron chi connectivity index (χ0n) is 11.0. The molecule has 0 radical (unpaired) electrons. The molecule has 1 heterocycles. The van der Waals surface area contributed by atoms with Crippen LogP contribution in [0, 0.1) is 5.92 Å². The number of hydrogen-bond acceptors (Lipinski definition) is 7. The van der Waals surface area contributed by atoms with Crippen molar-refractivity contribution in [2.24, 2.45) is 5.92 Å². The Morgan fingerprint density at radius 3 is 2.26 bits per heavy atom. The first kappa shape index (κ1) is 13.8. The Morgan fingerprint density at radius 2 is 1.74 bits per heavy atom. The summed E-state index contributed by atoms with van der Waals surface area (Å²) in [5.41, 5.74) is -0.689. The van der Waals surface area contributed by atoms with Crippen LogP contribution in [0.2, 0.25) is 0 Å². The lowest BCUT2D eigenvalue weighted by Gasteiger charge is -2.21. The molecule has 0 amide bonds. The van der Waals surface area contributed by atoms with Gasteiger partial charge < -0.3 is 18.9 Å². The van der Waals surface area contributed by atoms with Crippen molar-refractivity contribution in [1.82, 2.24) is 0 Å². The molecule has 7 heteroatoms. The van der Waals surface area contributed by atoms with Gasteiger partial charge in [-0.2, -0.15) is 0 Å². The Kier molecular flexibility index (Phi) is 3.49. The lowest BCUT2D eigenvalue weighted by Crippen LogP contribution is -2.34. The smallest absolute Gasteiger partial charge is 0.305 e. The first-order valence-corrected chi connectivity index (χ1v) is 6.00. The first-order valence-electron chi connectivity index (χ1n) is 6.00. The van der Waals surface area contributed by atoms with Crippen molar-refractivity contribution >= 4 is 17.9 Å². The molecule has 0 bridgehead atoms. The van der Waals surface area contributed by atoms with E-state index in [0.29, 0.717) is 6.42 Å². The van der Waals surface area contributed by atoms with Gasteiger partial charge >= 0.3 is 17.9 Å². The number of fused-ring (bicyclic) bond motifs is 1. The summed E-state index contributed by atoms with van der Waals surface area (Å²) in [6.45, 7) is 3.90. The molecule has 1 aliphatic heterocycles. The highest BCUT2D eigenvalue weighted by Crippen LogP contribution is 2.57. The van der Waals surface area contributed by atoms with Gasteiger partial charge in [-0.05, 0) is 6.42 Å². The van der Waals surface area contributed by atoms with Crippen LogP contribution in [0.25, 0.3) is 0 Å². The Balaban J connectivity index is 2.03. The summed E-state index contributed by atoms with van der Waals surface area (Å²) in [5, 5.41) is 0. The van der Waals surface area contributed by atoms with E-state index in [0.717, 1.165) is 0 Å². The summed E-state index contributed by atoms with van der Waals surface area (Å²) in [5.74, 6) is -1.52. The van der Waals surface area contributed by atoms with Gasteiger partial charge in [0.1, 0.15) is 12.2 Å². The fourth-order valence-electron chi connectivity index (χ4n) is 2.36. The molecule has 2 fully saturated rings. The SMILES string of the molecule is CC(=O)OCC12CC1C(OC(C)=O)C(OC(C)=O)O2. The van der Waals surface area contributed by atoms with E-state index in [2.05, 4.69) is 0 Å². The van der Waals surface area contributed by atoms with Crippen molar-refractivity contribution in [2.75, 3.05) is 6.61 Å². The second-order valence-corrected chi connectivity index (χ2v) is 4.83. The first-order chi connectivity index (χ1) is 8.84. The van der Waals surface area contributed by atoms with Crippen molar-refractivity contribution in [2.45, 2.75) is 45.2 Å². The summed E-state index contributed by atoms with van der Waals surface area (Å²) in [6.07, 6.45) is -0.969. The molecule has 0 spiro atoms. The van der Waals surface area contributed by atoms with E-state index in [1.165, 1.54) is 20.8 Å². The largest absolute Gasteiger partial charge is 0.463 e. The molecule has 2 rings (SSSR count). The molecule has 4 unspecified atom stereocenters. The van der Waals surface area contributed by atoms with Gasteiger partial charge in [0.25, 0.3) is 0 Å². The second-order valence-electron chi connectivity index (χ2n) is 4.83. The van der Waals surface area contributed by atoms with Crippen molar-refractivity contribution in [3.63, 3.8) is 0 Å². The van der Waals surface area contributed by atoms with Crippen LogP contribution in [0.5, 0.6) is 0 Å². The number of hydrogen-bond donors (Lipinski definition) is 0. The van der Waals surface area contributed by atoms with Crippen LogP contribution >= 0.6 is 0 Å². The molecule has 1 saturated heterocycles. The van der Waals surface area contributed by atoms with Crippen LogP contribution < -0.4 is 0 Å². The second kappa shape index (κ2) is 4.80. The van der Waals surface area contributed by atoms with Gasteiger partial charge in [0.2, 0.25) is 6.29 Å². The van der Waals surface area contributed by atoms with E-state index in [9.17, 15) is 14.4 Å². The molecule has 106 valence electrons. The van der Waals surface area contributed by atoms with E-state index in [1.807, 2.05) is 0 Å². The normalized spacial score (nSPS) is 35.2. The summed E-state index contributed by atoms with van der Waals surface area (Å²) >= 11 is 0. The highest BCUT2D eigenvalue weighted by Gasteiger charge is 2.70. The Bertz CT molecular complexity index is 418. The van der Waals surface area contributed by atoms with Gasteiger partial charge in [0.05, 0.1) is 0 Å². The Morgan fingerprint density at radius 1 is 1.11 bits per heavy atom. The molecule has 0 N–H and O–H groups in total. The van der Waals surface area contributed by atoms with Gasteiger partial charge in [0, 0.05) is 26.7 Å². The number of carbonyl (C=O) groups excluding carboxylic acids is 3. The van der Waals surface area contributed by atoms with E-state index < -0.39 is 35.9 Å². The van der Waals surface area contributed by atoms with Crippen molar-refractivity contribution in [3.8, 4) is 0 Å². The highest BCUT2D eigenvalue weighted by atomic mass is 16.7. The van der Waals surface area contributed by atoms with Crippen LogP contribution in [-0.4, -0.2) is 42.5 Å². The van der Waals surface area contributed by atoms with Gasteiger partial charge in [0.15, 0.2) is 6.10 Å². The van der Waals surface area contributed by atoms with E-state index in [4.69, 9.17) is 18.9 Å². The average molecular weight is 272 g/mol. The molecule has 0 aromatic carbocycles. The number of rotatable bonds is 4. The Labute approximate surface area is 110 Å². The fourth-order valence-corrected chi connectivity index (χ4v) is 2.36. The standard InChI is InChI=1S/C12H16O7/c1-6(13)16-5-12-4-9(12)10(17-7(2)14)11(19-12)18-8(3)15/h9-11H,4-5H2,1-3H3. The third kappa shape index (κ3) is 2.86. The quantitative estimate of drug-likeness (QED) is 0.532. The van der Waals surface area contributed by atoms with Gasteiger partial charge in [-0.25, -0.2) is 0 Å². The maximum absolute atomic E-state index is 11.1. The van der Waals surface area contributed by atoms with E-state index >= 15 is 0 Å². The summed E-state index contributed by atoms with van der Waals surface area (Å²) < 4.78 is 20.6. The van der Waals surface area contributed by atoms with Crippen LogP contribution in [0.1, 0.15) is 27.2 Å². The average Bonchev–Trinajstić information content (AvgIpc) is 2.90. The molecule has 1 aliphatic carbocycles. The van der Waals surface area contributed by atoms with Crippen LogP contribution in [0.3, 0.4) is 0 Å². The predicted molar refractivity (Wildman–Crippen MR) is 59.7 cm³/mol. The molecule has 19 heavy (non-hydrogen) atoms. The van der Waals surface area contributed by atoms with Crippen LogP contribution in [-0.2, 0) is 33.3 Å². The molecule has 0 aromatic heterocycles. The highest BCUT2D eigenvalue weighted by molar-refractivity contribution is 5.68. The van der Waals surface area contributed by atoms with Crippen molar-refractivity contribution in [1.29, 1.82) is 0 Å². The monoisotopic (exact) mass is 272 g/mol. The topological polar surface area (TPSA) is 88.1 Å². The molecular formula is C12H16O7. The zero-order valence-corrected chi connectivity index (χ0v) is 11.0. The number of carbonyl (C=O) groups is 3. The molecule has 2 aliphatic rings. The summed E-state index contributed by atoms with van der Waals surface area (Å²) in [7, 11) is 0. The van der Waals surface area contributed by atoms with Crippen LogP contribution in [0.4, 0.5) is 0 Å². The number of esters is 3. The summed E-state index contributed by atoms with van der Waals surface area (Å²) in [4.78, 5) is 32.9. The third-order valence-electron chi connectivity index (χ3n) is 3.20. The predicted octanol–water partition coefficient (Wildman–Crippen LogP) is 0.159. The minimum atomic E-state index is -0.935. The lowest BCUT2D eigenvalue weighted by atomic mass is 10.2. The molecule has 0 aromatic rings. The Hall–Kier alpha value is -1.63. The van der Waals surface area contributed by atoms with Crippen LogP contribution in [0.15, 0.2) is 0 Å². The zero-order chi connectivity index (χ0) is 14.2.